The molecule has 1 aliphatic rings. The van der Waals surface area contributed by atoms with Crippen LogP contribution in [0.1, 0.15) is 15.9 Å². The number of fused-ring (bicyclic) bond motifs is 1. The highest BCUT2D eigenvalue weighted by Crippen LogP contribution is 2.35. The third-order valence-corrected chi connectivity index (χ3v) is 4.15. The monoisotopic (exact) mass is 328 g/mol. The number of methoxy groups -OCH3 is 1. The van der Waals surface area contributed by atoms with Gasteiger partial charge < -0.3 is 19.4 Å². The van der Waals surface area contributed by atoms with E-state index in [1.165, 1.54) is 22.9 Å². The van der Waals surface area contributed by atoms with Crippen LogP contribution in [0.4, 0.5) is 0 Å². The van der Waals surface area contributed by atoms with Crippen LogP contribution in [-0.2, 0) is 13.5 Å². The molecule has 1 aromatic heterocycles. The van der Waals surface area contributed by atoms with Crippen LogP contribution < -0.4 is 20.3 Å². The molecule has 6 nitrogen and oxygen atoms in total. The molecule has 126 valence electrons. The minimum absolute atomic E-state index is 0.141. The van der Waals surface area contributed by atoms with Crippen molar-refractivity contribution in [3.8, 4) is 11.5 Å². The molecule has 0 radical (unpaired) electrons. The third kappa shape index (κ3) is 3.27. The molecule has 1 amide bonds. The number of hydrogen-bond donors (Lipinski definition) is 1. The first kappa shape index (κ1) is 16.1. The maximum atomic E-state index is 12.2. The molecule has 3 rings (SSSR count). The Morgan fingerprint density at radius 2 is 2.21 bits per heavy atom. The Bertz CT molecular complexity index is 813. The summed E-state index contributed by atoms with van der Waals surface area (Å²) in [7, 11) is 3.25. The van der Waals surface area contributed by atoms with Crippen LogP contribution in [0.3, 0.4) is 0 Å². The number of para-hydroxylation sites is 1. The molecule has 0 saturated heterocycles. The molecular weight excluding hydrogens is 308 g/mol. The van der Waals surface area contributed by atoms with Gasteiger partial charge in [-0.2, -0.15) is 0 Å². The van der Waals surface area contributed by atoms with Crippen molar-refractivity contribution in [2.45, 2.75) is 6.42 Å². The van der Waals surface area contributed by atoms with Crippen LogP contribution >= 0.6 is 0 Å². The van der Waals surface area contributed by atoms with Crippen LogP contribution in [-0.4, -0.2) is 30.7 Å². The van der Waals surface area contributed by atoms with Gasteiger partial charge in [-0.05, 0) is 24.1 Å². The lowest BCUT2D eigenvalue weighted by Gasteiger charge is -2.26. The van der Waals surface area contributed by atoms with Crippen molar-refractivity contribution in [3.05, 3.63) is 58.0 Å². The second-order valence-electron chi connectivity index (χ2n) is 5.91. The van der Waals surface area contributed by atoms with E-state index in [1.807, 2.05) is 18.2 Å². The van der Waals surface area contributed by atoms with Gasteiger partial charge in [0.05, 0.1) is 19.3 Å². The average molecular weight is 328 g/mol. The van der Waals surface area contributed by atoms with E-state index in [0.717, 1.165) is 23.5 Å². The molecule has 1 aliphatic heterocycles. The molecule has 0 fully saturated rings. The predicted octanol–water partition coefficient (Wildman–Crippen LogP) is 1.37. The van der Waals surface area contributed by atoms with E-state index in [2.05, 4.69) is 5.32 Å². The number of amides is 1. The second-order valence-corrected chi connectivity index (χ2v) is 5.91. The molecule has 0 unspecified atom stereocenters. The molecule has 0 aliphatic carbocycles. The Morgan fingerprint density at radius 3 is 2.96 bits per heavy atom. The topological polar surface area (TPSA) is 69.6 Å². The van der Waals surface area contributed by atoms with E-state index in [0.29, 0.717) is 18.7 Å². The smallest absolute Gasteiger partial charge is 0.252 e. The van der Waals surface area contributed by atoms with Gasteiger partial charge in [-0.15, -0.1) is 0 Å². The molecule has 24 heavy (non-hydrogen) atoms. The summed E-state index contributed by atoms with van der Waals surface area (Å²) in [6, 6.07) is 8.75. The fraction of sp³-hybridized carbons (Fsp3) is 0.333. The minimum atomic E-state index is -0.193. The number of ether oxygens (including phenoxy) is 2. The number of aryl methyl sites for hydroxylation is 1. The Labute approximate surface area is 140 Å². The summed E-state index contributed by atoms with van der Waals surface area (Å²) in [6.45, 7) is 1.04. The number of carbonyl (C=O) groups excluding carboxylic acids is 1. The van der Waals surface area contributed by atoms with Crippen LogP contribution in [0.25, 0.3) is 0 Å². The molecule has 0 bridgehead atoms. The molecule has 1 aromatic carbocycles. The van der Waals surface area contributed by atoms with Crippen molar-refractivity contribution in [2.24, 2.45) is 13.0 Å². The Morgan fingerprint density at radius 1 is 1.38 bits per heavy atom. The standard InChI is InChI=1S/C18H20N2O4/c1-20-10-14(6-7-16(20)21)18(22)19-9-12-8-13-4-3-5-15(23-2)17(13)24-11-12/h3-7,10,12H,8-9,11H2,1-2H3,(H,19,22)/t12-/m1/s1. The first-order chi connectivity index (χ1) is 11.6. The summed E-state index contributed by atoms with van der Waals surface area (Å²) in [4.78, 5) is 23.6. The lowest BCUT2D eigenvalue weighted by molar-refractivity contribution is 0.0937. The van der Waals surface area contributed by atoms with Gasteiger partial charge in [0.15, 0.2) is 11.5 Å². The Kier molecular flexibility index (Phi) is 4.55. The number of nitrogens with zero attached hydrogens (tertiary/aromatic N) is 1. The maximum Gasteiger partial charge on any atom is 0.252 e. The van der Waals surface area contributed by atoms with Crippen molar-refractivity contribution in [1.29, 1.82) is 0 Å². The summed E-state index contributed by atoms with van der Waals surface area (Å²) >= 11 is 0. The molecule has 2 aromatic rings. The van der Waals surface area contributed by atoms with Gasteiger partial charge in [-0.3, -0.25) is 9.59 Å². The van der Waals surface area contributed by atoms with E-state index in [4.69, 9.17) is 9.47 Å². The summed E-state index contributed by atoms with van der Waals surface area (Å²) < 4.78 is 12.5. The van der Waals surface area contributed by atoms with Gasteiger partial charge in [0.2, 0.25) is 5.56 Å². The number of pyridine rings is 1. The molecule has 1 atom stereocenters. The number of benzene rings is 1. The highest BCUT2D eigenvalue weighted by Gasteiger charge is 2.23. The van der Waals surface area contributed by atoms with E-state index >= 15 is 0 Å². The summed E-state index contributed by atoms with van der Waals surface area (Å²) in [5.41, 5.74) is 1.41. The molecule has 0 saturated carbocycles. The van der Waals surface area contributed by atoms with E-state index in [-0.39, 0.29) is 17.4 Å². The van der Waals surface area contributed by atoms with Gasteiger partial charge in [0.1, 0.15) is 0 Å². The van der Waals surface area contributed by atoms with E-state index in [9.17, 15) is 9.59 Å². The van der Waals surface area contributed by atoms with Crippen molar-refractivity contribution in [1.82, 2.24) is 9.88 Å². The van der Waals surface area contributed by atoms with Crippen molar-refractivity contribution < 1.29 is 14.3 Å². The predicted molar refractivity (Wildman–Crippen MR) is 89.7 cm³/mol. The molecule has 1 N–H and O–H groups in total. The lowest BCUT2D eigenvalue weighted by Crippen LogP contribution is -2.35. The number of aromatic nitrogens is 1. The van der Waals surface area contributed by atoms with E-state index in [1.54, 1.807) is 14.2 Å². The fourth-order valence-corrected chi connectivity index (χ4v) is 2.82. The highest BCUT2D eigenvalue weighted by molar-refractivity contribution is 5.93. The maximum absolute atomic E-state index is 12.2. The van der Waals surface area contributed by atoms with Crippen LogP contribution in [0.5, 0.6) is 11.5 Å². The van der Waals surface area contributed by atoms with Gasteiger partial charge in [-0.25, -0.2) is 0 Å². The minimum Gasteiger partial charge on any atom is -0.493 e. The largest absolute Gasteiger partial charge is 0.493 e. The summed E-state index contributed by atoms with van der Waals surface area (Å²) in [5, 5.41) is 2.91. The van der Waals surface area contributed by atoms with Crippen molar-refractivity contribution >= 4 is 5.91 Å². The second kappa shape index (κ2) is 6.78. The highest BCUT2D eigenvalue weighted by atomic mass is 16.5. The quantitative estimate of drug-likeness (QED) is 0.920. The fourth-order valence-electron chi connectivity index (χ4n) is 2.82. The zero-order valence-corrected chi connectivity index (χ0v) is 13.7. The number of carbonyl (C=O) groups is 1. The number of rotatable bonds is 4. The number of hydrogen-bond acceptors (Lipinski definition) is 4. The van der Waals surface area contributed by atoms with Crippen LogP contribution in [0, 0.1) is 5.92 Å². The average Bonchev–Trinajstić information content (AvgIpc) is 2.61. The van der Waals surface area contributed by atoms with Crippen LogP contribution in [0.15, 0.2) is 41.3 Å². The molecule has 6 heteroatoms. The molecule has 2 heterocycles. The molecular formula is C18H20N2O4. The van der Waals surface area contributed by atoms with Gasteiger partial charge in [-0.1, -0.05) is 12.1 Å². The number of nitrogens with one attached hydrogen (secondary N) is 1. The lowest BCUT2D eigenvalue weighted by atomic mass is 9.96. The first-order valence-electron chi connectivity index (χ1n) is 7.82. The summed E-state index contributed by atoms with van der Waals surface area (Å²) in [5.74, 6) is 1.53. The normalized spacial score (nSPS) is 16.0. The van der Waals surface area contributed by atoms with E-state index < -0.39 is 0 Å². The summed E-state index contributed by atoms with van der Waals surface area (Å²) in [6.07, 6.45) is 2.36. The van der Waals surface area contributed by atoms with Crippen LogP contribution in [0.2, 0.25) is 0 Å². The third-order valence-electron chi connectivity index (χ3n) is 4.15. The van der Waals surface area contributed by atoms with Gasteiger partial charge >= 0.3 is 0 Å². The van der Waals surface area contributed by atoms with Crippen molar-refractivity contribution in [2.75, 3.05) is 20.3 Å². The zero-order valence-electron chi connectivity index (χ0n) is 13.7. The zero-order chi connectivity index (χ0) is 17.1. The van der Waals surface area contributed by atoms with Crippen molar-refractivity contribution in [3.63, 3.8) is 0 Å². The SMILES string of the molecule is COc1cccc2c1OC[C@@H](CNC(=O)c1ccc(=O)n(C)c1)C2. The van der Waals surface area contributed by atoms with Gasteiger partial charge in [0.25, 0.3) is 5.91 Å². The Hall–Kier alpha value is -2.76. The first-order valence-corrected chi connectivity index (χ1v) is 7.82. The van der Waals surface area contributed by atoms with Gasteiger partial charge in [0, 0.05) is 31.8 Å². The molecule has 0 spiro atoms. The Balaban J connectivity index is 1.62.